The lowest BCUT2D eigenvalue weighted by molar-refractivity contribution is -0.384. The van der Waals surface area contributed by atoms with E-state index in [4.69, 9.17) is 4.74 Å². The summed E-state index contributed by atoms with van der Waals surface area (Å²) in [7, 11) is 0. The van der Waals surface area contributed by atoms with Gasteiger partial charge in [0.25, 0.3) is 5.69 Å². The van der Waals surface area contributed by atoms with Gasteiger partial charge < -0.3 is 4.74 Å². The summed E-state index contributed by atoms with van der Waals surface area (Å²) in [5.74, 6) is -1.15. The van der Waals surface area contributed by atoms with E-state index in [1.165, 1.54) is 29.5 Å². The molecule has 0 N–H and O–H groups in total. The summed E-state index contributed by atoms with van der Waals surface area (Å²) in [5, 5.41) is 13.2. The Balaban J connectivity index is 1.60. The van der Waals surface area contributed by atoms with Gasteiger partial charge in [-0.2, -0.15) is 0 Å². The molecule has 178 valence electrons. The van der Waals surface area contributed by atoms with Gasteiger partial charge in [0.2, 0.25) is 0 Å². The average molecular weight is 496 g/mol. The van der Waals surface area contributed by atoms with E-state index in [1.807, 2.05) is 78.2 Å². The fourth-order valence-corrected chi connectivity index (χ4v) is 5.40. The first-order valence-corrected chi connectivity index (χ1v) is 12.3. The van der Waals surface area contributed by atoms with Crippen molar-refractivity contribution in [3.05, 3.63) is 134 Å². The first kappa shape index (κ1) is 23.4. The summed E-state index contributed by atoms with van der Waals surface area (Å²) >= 11 is 1.48. The van der Waals surface area contributed by atoms with Gasteiger partial charge in [0.1, 0.15) is 6.10 Å². The van der Waals surface area contributed by atoms with Gasteiger partial charge >= 0.3 is 5.97 Å². The van der Waals surface area contributed by atoms with E-state index >= 15 is 0 Å². The van der Waals surface area contributed by atoms with Crippen LogP contribution in [0.1, 0.15) is 38.7 Å². The highest BCUT2D eigenvalue weighted by atomic mass is 32.1. The second-order valence-electron chi connectivity index (χ2n) is 8.40. The molecule has 0 amide bonds. The smallest absolute Gasteiger partial charge is 0.339 e. The number of cyclic esters (lactones) is 1. The highest BCUT2D eigenvalue weighted by Crippen LogP contribution is 2.45. The predicted molar refractivity (Wildman–Crippen MR) is 139 cm³/mol. The number of rotatable bonds is 8. The number of thiophene rings is 1. The summed E-state index contributed by atoms with van der Waals surface area (Å²) in [5.41, 5.74) is 2.92. The van der Waals surface area contributed by atoms with Gasteiger partial charge in [0, 0.05) is 40.5 Å². The van der Waals surface area contributed by atoms with E-state index in [1.54, 1.807) is 6.07 Å². The fraction of sp³-hybridized carbons (Fsp3) is 0.103. The third-order valence-electron chi connectivity index (χ3n) is 6.20. The van der Waals surface area contributed by atoms with Crippen molar-refractivity contribution in [2.75, 3.05) is 0 Å². The van der Waals surface area contributed by atoms with Crippen molar-refractivity contribution in [1.29, 1.82) is 0 Å². The second-order valence-corrected chi connectivity index (χ2v) is 9.38. The molecule has 1 aliphatic heterocycles. The van der Waals surface area contributed by atoms with E-state index in [-0.39, 0.29) is 23.5 Å². The number of nitro groups is 1. The van der Waals surface area contributed by atoms with Crippen LogP contribution in [-0.4, -0.2) is 22.8 Å². The molecular formula is C29H21NO5S. The summed E-state index contributed by atoms with van der Waals surface area (Å²) in [6.07, 6.45) is -0.672. The van der Waals surface area contributed by atoms with Crippen LogP contribution >= 0.6 is 11.3 Å². The zero-order valence-corrected chi connectivity index (χ0v) is 19.9. The van der Waals surface area contributed by atoms with Crippen molar-refractivity contribution in [2.45, 2.75) is 18.4 Å². The number of ether oxygens (including phenoxy) is 1. The molecule has 1 aliphatic rings. The average Bonchev–Trinajstić information content (AvgIpc) is 3.56. The third-order valence-corrected chi connectivity index (χ3v) is 7.20. The quantitative estimate of drug-likeness (QED) is 0.120. The van der Waals surface area contributed by atoms with Crippen molar-refractivity contribution >= 4 is 39.9 Å². The summed E-state index contributed by atoms with van der Waals surface area (Å²) < 4.78 is 6.01. The van der Waals surface area contributed by atoms with Crippen molar-refractivity contribution < 1.29 is 19.2 Å². The Labute approximate surface area is 211 Å². The molecule has 0 saturated heterocycles. The molecule has 0 aliphatic carbocycles. The molecule has 1 aromatic heterocycles. The number of benzene rings is 3. The van der Waals surface area contributed by atoms with Gasteiger partial charge in [-0.05, 0) is 22.6 Å². The molecule has 7 heteroatoms. The number of nitrogens with zero attached hydrogens (tertiary/aromatic N) is 1. The van der Waals surface area contributed by atoms with Crippen molar-refractivity contribution in [3.8, 4) is 0 Å². The summed E-state index contributed by atoms with van der Waals surface area (Å²) in [6.45, 7) is 0. The molecule has 2 heterocycles. The van der Waals surface area contributed by atoms with E-state index in [0.29, 0.717) is 5.57 Å². The fourth-order valence-electron chi connectivity index (χ4n) is 4.54. The monoisotopic (exact) mass is 495 g/mol. The largest absolute Gasteiger partial charge is 0.453 e. The Hall–Kier alpha value is -4.36. The van der Waals surface area contributed by atoms with Crippen LogP contribution in [0.2, 0.25) is 0 Å². The first-order valence-electron chi connectivity index (χ1n) is 11.4. The zero-order chi connectivity index (χ0) is 25.1. The van der Waals surface area contributed by atoms with Crippen LogP contribution < -0.4 is 0 Å². The van der Waals surface area contributed by atoms with Crippen LogP contribution in [0.15, 0.2) is 102 Å². The minimum Gasteiger partial charge on any atom is -0.453 e. The van der Waals surface area contributed by atoms with Gasteiger partial charge in [-0.3, -0.25) is 14.9 Å². The Morgan fingerprint density at radius 1 is 0.917 bits per heavy atom. The van der Waals surface area contributed by atoms with Crippen LogP contribution in [-0.2, 0) is 9.53 Å². The zero-order valence-electron chi connectivity index (χ0n) is 19.1. The Morgan fingerprint density at radius 2 is 1.61 bits per heavy atom. The lowest BCUT2D eigenvalue weighted by Crippen LogP contribution is -2.23. The van der Waals surface area contributed by atoms with Crippen molar-refractivity contribution in [2.24, 2.45) is 0 Å². The lowest BCUT2D eigenvalue weighted by Gasteiger charge is -2.24. The minimum absolute atomic E-state index is 0.0258. The topological polar surface area (TPSA) is 86.5 Å². The Bertz CT molecular complexity index is 1450. The van der Waals surface area contributed by atoms with Gasteiger partial charge in [0.05, 0.1) is 10.5 Å². The summed E-state index contributed by atoms with van der Waals surface area (Å²) in [4.78, 5) is 38.3. The van der Waals surface area contributed by atoms with Gasteiger partial charge in [0.15, 0.2) is 5.78 Å². The van der Waals surface area contributed by atoms with E-state index in [9.17, 15) is 19.7 Å². The highest BCUT2D eigenvalue weighted by molar-refractivity contribution is 7.10. The number of ketones is 1. The molecular weight excluding hydrogens is 474 g/mol. The van der Waals surface area contributed by atoms with Crippen LogP contribution in [0.3, 0.4) is 0 Å². The Morgan fingerprint density at radius 3 is 2.25 bits per heavy atom. The predicted octanol–water partition coefficient (Wildman–Crippen LogP) is 6.55. The van der Waals surface area contributed by atoms with Crippen molar-refractivity contribution in [3.63, 3.8) is 0 Å². The highest BCUT2D eigenvalue weighted by Gasteiger charge is 2.42. The number of carbonyl (C=O) groups excluding carboxylic acids is 2. The van der Waals surface area contributed by atoms with Gasteiger partial charge in [-0.25, -0.2) is 4.79 Å². The third kappa shape index (κ3) is 4.61. The molecule has 0 bridgehead atoms. The van der Waals surface area contributed by atoms with Crippen LogP contribution in [0.25, 0.3) is 11.1 Å². The number of non-ortho nitro benzene ring substituents is 1. The van der Waals surface area contributed by atoms with Crippen LogP contribution in [0.4, 0.5) is 5.69 Å². The molecule has 0 radical (unpaired) electrons. The standard InChI is InChI=1S/C29H21NO5S/c31-24(21-13-7-14-22(17-21)30(33)34)18-23(25-15-8-16-36-25)28-26(19-9-3-1-4-10-19)27(29(32)35-28)20-11-5-2-6-12-20/h1-17,23,28H,18H2/t23-,28-/m0/s1. The number of hydrogen-bond acceptors (Lipinski definition) is 6. The second kappa shape index (κ2) is 10.1. The van der Waals surface area contributed by atoms with Crippen LogP contribution in [0.5, 0.6) is 0 Å². The molecule has 36 heavy (non-hydrogen) atoms. The van der Waals surface area contributed by atoms with E-state index in [0.717, 1.165) is 21.6 Å². The first-order chi connectivity index (χ1) is 17.5. The number of hydrogen-bond donors (Lipinski definition) is 0. The number of nitro benzene ring substituents is 1. The van der Waals surface area contributed by atoms with Gasteiger partial charge in [-0.15, -0.1) is 11.3 Å². The molecule has 2 atom stereocenters. The molecule has 5 rings (SSSR count). The number of esters is 1. The van der Waals surface area contributed by atoms with Gasteiger partial charge in [-0.1, -0.05) is 78.9 Å². The minimum atomic E-state index is -0.698. The molecule has 4 aromatic rings. The molecule has 0 saturated carbocycles. The van der Waals surface area contributed by atoms with Crippen LogP contribution in [0, 0.1) is 10.1 Å². The Kier molecular flexibility index (Phi) is 6.56. The molecule has 0 unspecified atom stereocenters. The number of Topliss-reactive ketones (excluding diaryl/α,β-unsaturated/α-hetero) is 1. The maximum absolute atomic E-state index is 13.4. The SMILES string of the molecule is O=C1O[C@@H]([C@@H](CC(=O)c2cccc([N+](=O)[O-])c2)c2cccs2)C(c2ccccc2)=C1c1ccccc1. The maximum Gasteiger partial charge on any atom is 0.339 e. The molecule has 6 nitrogen and oxygen atoms in total. The maximum atomic E-state index is 13.4. The lowest BCUT2D eigenvalue weighted by atomic mass is 9.83. The number of carbonyl (C=O) groups is 2. The molecule has 3 aromatic carbocycles. The molecule has 0 spiro atoms. The van der Waals surface area contributed by atoms with Crippen molar-refractivity contribution in [1.82, 2.24) is 0 Å². The summed E-state index contributed by atoms with van der Waals surface area (Å²) in [6, 6.07) is 28.5. The van der Waals surface area contributed by atoms with E-state index in [2.05, 4.69) is 0 Å². The molecule has 0 fully saturated rings. The van der Waals surface area contributed by atoms with E-state index < -0.39 is 22.9 Å². The normalized spacial score (nSPS) is 16.0.